The summed E-state index contributed by atoms with van der Waals surface area (Å²) in [5.41, 5.74) is 2.16. The molecule has 3 aromatic rings. The van der Waals surface area contributed by atoms with E-state index in [4.69, 9.17) is 4.74 Å². The minimum absolute atomic E-state index is 0.137. The quantitative estimate of drug-likeness (QED) is 0.642. The van der Waals surface area contributed by atoms with Crippen LogP contribution in [0.3, 0.4) is 0 Å². The molecule has 6 nitrogen and oxygen atoms in total. The summed E-state index contributed by atoms with van der Waals surface area (Å²) in [6.45, 7) is 1.83. The number of sulfonamides is 1. The van der Waals surface area contributed by atoms with Gasteiger partial charge in [-0.05, 0) is 55.5 Å². The van der Waals surface area contributed by atoms with E-state index in [9.17, 15) is 13.2 Å². The molecule has 0 aliphatic rings. The number of carbonyl (C=O) groups is 1. The molecule has 1 amide bonds. The second-order valence-electron chi connectivity index (χ2n) is 6.48. The maximum atomic E-state index is 12.8. The van der Waals surface area contributed by atoms with Gasteiger partial charge in [0, 0.05) is 12.7 Å². The van der Waals surface area contributed by atoms with Gasteiger partial charge in [0.05, 0.1) is 10.6 Å². The van der Waals surface area contributed by atoms with E-state index in [2.05, 4.69) is 5.32 Å². The standard InChI is InChI=1S/C22H22N2O4S/c1-17-8-12-20(13-9-17)28-16-22(25)23-18-10-14-21(15-11-18)29(26,27)24(2)19-6-4-3-5-7-19/h3-15H,16H2,1-2H3,(H,23,25). The van der Waals surface area contributed by atoms with E-state index in [1.807, 2.05) is 25.1 Å². The van der Waals surface area contributed by atoms with Crippen LogP contribution in [0.2, 0.25) is 0 Å². The summed E-state index contributed by atoms with van der Waals surface area (Å²) in [7, 11) is -2.19. The molecule has 0 heterocycles. The number of nitrogens with one attached hydrogen (secondary N) is 1. The molecule has 0 bridgehead atoms. The number of hydrogen-bond donors (Lipinski definition) is 1. The van der Waals surface area contributed by atoms with E-state index in [1.165, 1.54) is 23.5 Å². The summed E-state index contributed by atoms with van der Waals surface area (Å²) < 4.78 is 32.2. The maximum absolute atomic E-state index is 12.8. The Balaban J connectivity index is 1.62. The molecular formula is C22H22N2O4S. The first-order valence-corrected chi connectivity index (χ1v) is 10.4. The third kappa shape index (κ3) is 5.14. The number of ether oxygens (including phenoxy) is 1. The third-order valence-electron chi connectivity index (χ3n) is 4.31. The molecule has 0 aliphatic heterocycles. The molecule has 0 fully saturated rings. The highest BCUT2D eigenvalue weighted by molar-refractivity contribution is 7.92. The van der Waals surface area contributed by atoms with Crippen LogP contribution in [0.4, 0.5) is 11.4 Å². The van der Waals surface area contributed by atoms with Crippen LogP contribution in [0.15, 0.2) is 83.8 Å². The maximum Gasteiger partial charge on any atom is 0.264 e. The van der Waals surface area contributed by atoms with Gasteiger partial charge in [-0.1, -0.05) is 35.9 Å². The molecule has 0 atom stereocenters. The zero-order valence-electron chi connectivity index (χ0n) is 16.2. The fraction of sp³-hybridized carbons (Fsp3) is 0.136. The summed E-state index contributed by atoms with van der Waals surface area (Å²) in [6.07, 6.45) is 0. The Morgan fingerprint density at radius 3 is 2.17 bits per heavy atom. The molecule has 150 valence electrons. The lowest BCUT2D eigenvalue weighted by Gasteiger charge is -2.19. The van der Waals surface area contributed by atoms with Crippen LogP contribution in [0.1, 0.15) is 5.56 Å². The lowest BCUT2D eigenvalue weighted by molar-refractivity contribution is -0.118. The number of carbonyl (C=O) groups excluding carboxylic acids is 1. The Labute approximate surface area is 170 Å². The first-order valence-electron chi connectivity index (χ1n) is 8.99. The van der Waals surface area contributed by atoms with Gasteiger partial charge in [-0.15, -0.1) is 0 Å². The Morgan fingerprint density at radius 2 is 1.55 bits per heavy atom. The SMILES string of the molecule is Cc1ccc(OCC(=O)Nc2ccc(S(=O)(=O)N(C)c3ccccc3)cc2)cc1. The number of nitrogens with zero attached hydrogens (tertiary/aromatic N) is 1. The van der Waals surface area contributed by atoms with Gasteiger partial charge >= 0.3 is 0 Å². The molecule has 0 saturated carbocycles. The molecular weight excluding hydrogens is 388 g/mol. The Kier molecular flexibility index (Phi) is 6.19. The predicted molar refractivity (Wildman–Crippen MR) is 114 cm³/mol. The van der Waals surface area contributed by atoms with Crippen molar-refractivity contribution < 1.29 is 17.9 Å². The number of rotatable bonds is 7. The van der Waals surface area contributed by atoms with Crippen LogP contribution in [0.5, 0.6) is 5.75 Å². The monoisotopic (exact) mass is 410 g/mol. The molecule has 0 spiro atoms. The third-order valence-corrected chi connectivity index (χ3v) is 6.11. The van der Waals surface area contributed by atoms with Gasteiger partial charge in [-0.25, -0.2) is 8.42 Å². The summed E-state index contributed by atoms with van der Waals surface area (Å²) in [6, 6.07) is 22.2. The smallest absolute Gasteiger partial charge is 0.264 e. The van der Waals surface area contributed by atoms with Crippen molar-refractivity contribution in [3.05, 3.63) is 84.4 Å². The van der Waals surface area contributed by atoms with Crippen LogP contribution < -0.4 is 14.4 Å². The number of amides is 1. The van der Waals surface area contributed by atoms with E-state index in [1.54, 1.807) is 48.5 Å². The number of aryl methyl sites for hydroxylation is 1. The summed E-state index contributed by atoms with van der Waals surface area (Å²) in [4.78, 5) is 12.2. The van der Waals surface area contributed by atoms with E-state index in [0.29, 0.717) is 17.1 Å². The van der Waals surface area contributed by atoms with Crippen molar-refractivity contribution in [2.24, 2.45) is 0 Å². The fourth-order valence-corrected chi connectivity index (χ4v) is 3.82. The lowest BCUT2D eigenvalue weighted by Crippen LogP contribution is -2.26. The highest BCUT2D eigenvalue weighted by Crippen LogP contribution is 2.22. The van der Waals surface area contributed by atoms with Crippen LogP contribution in [0, 0.1) is 6.92 Å². The fourth-order valence-electron chi connectivity index (χ4n) is 2.63. The molecule has 0 radical (unpaired) electrons. The molecule has 1 N–H and O–H groups in total. The molecule has 0 unspecified atom stereocenters. The Hall–Kier alpha value is -3.32. The van der Waals surface area contributed by atoms with Crippen LogP contribution >= 0.6 is 0 Å². The number of benzene rings is 3. The van der Waals surface area contributed by atoms with Crippen LogP contribution in [-0.2, 0) is 14.8 Å². The molecule has 29 heavy (non-hydrogen) atoms. The van der Waals surface area contributed by atoms with E-state index < -0.39 is 10.0 Å². The highest BCUT2D eigenvalue weighted by Gasteiger charge is 2.21. The summed E-state index contributed by atoms with van der Waals surface area (Å²) in [5.74, 6) is 0.277. The van der Waals surface area contributed by atoms with Gasteiger partial charge in [0.2, 0.25) is 0 Å². The Morgan fingerprint density at radius 1 is 0.931 bits per heavy atom. The molecule has 0 saturated heterocycles. The summed E-state index contributed by atoms with van der Waals surface area (Å²) >= 11 is 0. The molecule has 0 aliphatic carbocycles. The minimum Gasteiger partial charge on any atom is -0.484 e. The first-order chi connectivity index (χ1) is 13.9. The average Bonchev–Trinajstić information content (AvgIpc) is 2.74. The zero-order valence-corrected chi connectivity index (χ0v) is 17.0. The Bertz CT molecular complexity index is 1060. The summed E-state index contributed by atoms with van der Waals surface area (Å²) in [5, 5.41) is 2.69. The van der Waals surface area contributed by atoms with Crippen molar-refractivity contribution in [3.8, 4) is 5.75 Å². The lowest BCUT2D eigenvalue weighted by atomic mass is 10.2. The topological polar surface area (TPSA) is 75.7 Å². The van der Waals surface area contributed by atoms with Gasteiger partial charge in [0.15, 0.2) is 6.61 Å². The molecule has 3 rings (SSSR count). The molecule has 3 aromatic carbocycles. The van der Waals surface area contributed by atoms with Gasteiger partial charge in [0.25, 0.3) is 15.9 Å². The van der Waals surface area contributed by atoms with Gasteiger partial charge in [-0.3, -0.25) is 9.10 Å². The molecule has 7 heteroatoms. The van der Waals surface area contributed by atoms with Crippen molar-refractivity contribution in [2.75, 3.05) is 23.3 Å². The largest absolute Gasteiger partial charge is 0.484 e. The zero-order chi connectivity index (χ0) is 20.9. The van der Waals surface area contributed by atoms with Crippen LogP contribution in [0.25, 0.3) is 0 Å². The van der Waals surface area contributed by atoms with Crippen molar-refractivity contribution in [1.82, 2.24) is 0 Å². The van der Waals surface area contributed by atoms with E-state index in [0.717, 1.165) is 5.56 Å². The predicted octanol–water partition coefficient (Wildman–Crippen LogP) is 3.84. The van der Waals surface area contributed by atoms with Crippen molar-refractivity contribution in [3.63, 3.8) is 0 Å². The number of anilines is 2. The van der Waals surface area contributed by atoms with E-state index >= 15 is 0 Å². The van der Waals surface area contributed by atoms with Crippen molar-refractivity contribution >= 4 is 27.3 Å². The highest BCUT2D eigenvalue weighted by atomic mass is 32.2. The van der Waals surface area contributed by atoms with Gasteiger partial charge in [0.1, 0.15) is 5.75 Å². The number of para-hydroxylation sites is 1. The second kappa shape index (κ2) is 8.79. The number of hydrogen-bond acceptors (Lipinski definition) is 4. The minimum atomic E-state index is -3.69. The van der Waals surface area contributed by atoms with Crippen molar-refractivity contribution in [2.45, 2.75) is 11.8 Å². The van der Waals surface area contributed by atoms with Crippen LogP contribution in [-0.4, -0.2) is 28.0 Å². The van der Waals surface area contributed by atoms with Gasteiger partial charge in [-0.2, -0.15) is 0 Å². The first kappa shape index (κ1) is 20.4. The van der Waals surface area contributed by atoms with Gasteiger partial charge < -0.3 is 10.1 Å². The normalized spacial score (nSPS) is 11.0. The average molecular weight is 410 g/mol. The van der Waals surface area contributed by atoms with Crippen molar-refractivity contribution in [1.29, 1.82) is 0 Å². The molecule has 0 aromatic heterocycles. The second-order valence-corrected chi connectivity index (χ2v) is 8.45. The van der Waals surface area contributed by atoms with E-state index in [-0.39, 0.29) is 17.4 Å².